The predicted molar refractivity (Wildman–Crippen MR) is 69.5 cm³/mol. The van der Waals surface area contributed by atoms with Crippen LogP contribution in [0.3, 0.4) is 0 Å². The minimum atomic E-state index is 0.0873. The van der Waals surface area contributed by atoms with Crippen LogP contribution in [0.1, 0.15) is 31.2 Å². The lowest BCUT2D eigenvalue weighted by atomic mass is 10.2. The molecule has 0 radical (unpaired) electrons. The molecule has 0 saturated heterocycles. The second kappa shape index (κ2) is 5.40. The van der Waals surface area contributed by atoms with Crippen LogP contribution in [-0.4, -0.2) is 17.1 Å². The first-order chi connectivity index (χ1) is 8.20. The van der Waals surface area contributed by atoms with Crippen LogP contribution in [0.2, 0.25) is 0 Å². The van der Waals surface area contributed by atoms with Gasteiger partial charge in [0.15, 0.2) is 5.84 Å². The van der Waals surface area contributed by atoms with Crippen molar-refractivity contribution in [1.29, 1.82) is 0 Å². The van der Waals surface area contributed by atoms with E-state index in [0.717, 1.165) is 23.1 Å². The third kappa shape index (κ3) is 2.91. The quantitative estimate of drug-likeness (QED) is 0.390. The number of ether oxygens (including phenoxy) is 1. The number of oxime groups is 1. The zero-order chi connectivity index (χ0) is 12.3. The van der Waals surface area contributed by atoms with E-state index in [9.17, 15) is 0 Å². The Balaban J connectivity index is 2.12. The number of benzene rings is 1. The molecule has 0 amide bonds. The Morgan fingerprint density at radius 3 is 2.71 bits per heavy atom. The highest BCUT2D eigenvalue weighted by Crippen LogP contribution is 2.27. The molecule has 0 bridgehead atoms. The van der Waals surface area contributed by atoms with Crippen LogP contribution in [-0.2, 0) is 0 Å². The SMILES string of the molecule is N/C(=N/O)c1ccc(OC2CCCC2)cc1Br. The van der Waals surface area contributed by atoms with Crippen molar-refractivity contribution < 1.29 is 9.94 Å². The van der Waals surface area contributed by atoms with Crippen LogP contribution in [0.15, 0.2) is 27.8 Å². The van der Waals surface area contributed by atoms with Gasteiger partial charge in [-0.05, 0) is 59.8 Å². The summed E-state index contributed by atoms with van der Waals surface area (Å²) in [7, 11) is 0. The summed E-state index contributed by atoms with van der Waals surface area (Å²) in [6.45, 7) is 0. The van der Waals surface area contributed by atoms with Gasteiger partial charge >= 0.3 is 0 Å². The Hall–Kier alpha value is -1.23. The van der Waals surface area contributed by atoms with Crippen LogP contribution in [0.4, 0.5) is 0 Å². The molecular weight excluding hydrogens is 284 g/mol. The van der Waals surface area contributed by atoms with Crippen molar-refractivity contribution >= 4 is 21.8 Å². The molecule has 5 heteroatoms. The van der Waals surface area contributed by atoms with Crippen molar-refractivity contribution in [2.45, 2.75) is 31.8 Å². The summed E-state index contributed by atoms with van der Waals surface area (Å²) in [4.78, 5) is 0. The molecule has 0 aliphatic heterocycles. The van der Waals surface area contributed by atoms with Gasteiger partial charge in [-0.2, -0.15) is 0 Å². The fourth-order valence-electron chi connectivity index (χ4n) is 2.03. The molecule has 1 aliphatic rings. The number of hydrogen-bond acceptors (Lipinski definition) is 3. The molecule has 2 rings (SSSR count). The average Bonchev–Trinajstić information content (AvgIpc) is 2.81. The van der Waals surface area contributed by atoms with Crippen LogP contribution in [0.25, 0.3) is 0 Å². The molecule has 0 unspecified atom stereocenters. The van der Waals surface area contributed by atoms with E-state index in [1.54, 1.807) is 6.07 Å². The molecule has 1 aliphatic carbocycles. The van der Waals surface area contributed by atoms with Crippen LogP contribution in [0.5, 0.6) is 5.75 Å². The Kier molecular flexibility index (Phi) is 3.89. The summed E-state index contributed by atoms with van der Waals surface area (Å²) in [6.07, 6.45) is 5.07. The average molecular weight is 299 g/mol. The van der Waals surface area contributed by atoms with Crippen molar-refractivity contribution in [3.63, 3.8) is 0 Å². The largest absolute Gasteiger partial charge is 0.490 e. The fraction of sp³-hybridized carbons (Fsp3) is 0.417. The third-order valence-corrected chi connectivity index (χ3v) is 3.59. The Morgan fingerprint density at radius 1 is 1.41 bits per heavy atom. The molecule has 3 N–H and O–H groups in total. The molecule has 0 heterocycles. The molecule has 92 valence electrons. The maximum atomic E-state index is 8.62. The lowest BCUT2D eigenvalue weighted by Gasteiger charge is -2.14. The number of amidine groups is 1. The zero-order valence-electron chi connectivity index (χ0n) is 9.40. The molecule has 1 aromatic rings. The first kappa shape index (κ1) is 12.2. The van der Waals surface area contributed by atoms with Gasteiger partial charge in [0.2, 0.25) is 0 Å². The number of hydrogen-bond donors (Lipinski definition) is 2. The van der Waals surface area contributed by atoms with Crippen molar-refractivity contribution in [3.8, 4) is 5.75 Å². The fourth-order valence-corrected chi connectivity index (χ4v) is 2.59. The van der Waals surface area contributed by atoms with Crippen molar-refractivity contribution in [2.24, 2.45) is 10.9 Å². The Morgan fingerprint density at radius 2 is 2.12 bits per heavy atom. The standard InChI is InChI=1S/C12H15BrN2O2/c13-11-7-9(17-8-3-1-2-4-8)5-6-10(11)12(14)15-16/h5-8,16H,1-4H2,(H2,14,15). The minimum Gasteiger partial charge on any atom is -0.490 e. The van der Waals surface area contributed by atoms with Gasteiger partial charge in [0.1, 0.15) is 5.75 Å². The topological polar surface area (TPSA) is 67.8 Å². The van der Waals surface area contributed by atoms with Gasteiger partial charge in [-0.1, -0.05) is 5.16 Å². The van der Waals surface area contributed by atoms with Crippen molar-refractivity contribution in [3.05, 3.63) is 28.2 Å². The van der Waals surface area contributed by atoms with E-state index in [-0.39, 0.29) is 5.84 Å². The molecule has 1 aromatic carbocycles. The molecule has 0 atom stereocenters. The third-order valence-electron chi connectivity index (χ3n) is 2.93. The number of rotatable bonds is 3. The maximum Gasteiger partial charge on any atom is 0.171 e. The molecule has 0 aromatic heterocycles. The lowest BCUT2D eigenvalue weighted by Crippen LogP contribution is -2.14. The molecule has 0 spiro atoms. The van der Waals surface area contributed by atoms with E-state index in [1.165, 1.54) is 12.8 Å². The zero-order valence-corrected chi connectivity index (χ0v) is 11.0. The molecule has 1 saturated carbocycles. The van der Waals surface area contributed by atoms with E-state index in [4.69, 9.17) is 15.7 Å². The molecule has 1 fully saturated rings. The first-order valence-corrected chi connectivity index (χ1v) is 6.44. The van der Waals surface area contributed by atoms with Gasteiger partial charge in [0.05, 0.1) is 6.10 Å². The van der Waals surface area contributed by atoms with Gasteiger partial charge in [-0.15, -0.1) is 0 Å². The van der Waals surface area contributed by atoms with Crippen molar-refractivity contribution in [1.82, 2.24) is 0 Å². The van der Waals surface area contributed by atoms with E-state index in [2.05, 4.69) is 21.1 Å². The van der Waals surface area contributed by atoms with Gasteiger partial charge < -0.3 is 15.7 Å². The number of halogens is 1. The normalized spacial score (nSPS) is 17.4. The summed E-state index contributed by atoms with van der Waals surface area (Å²) >= 11 is 3.39. The van der Waals surface area contributed by atoms with Gasteiger partial charge in [-0.25, -0.2) is 0 Å². The lowest BCUT2D eigenvalue weighted by molar-refractivity contribution is 0.210. The van der Waals surface area contributed by atoms with Crippen LogP contribution < -0.4 is 10.5 Å². The van der Waals surface area contributed by atoms with E-state index in [0.29, 0.717) is 11.7 Å². The highest BCUT2D eigenvalue weighted by Gasteiger charge is 2.17. The van der Waals surface area contributed by atoms with Gasteiger partial charge in [-0.3, -0.25) is 0 Å². The maximum absolute atomic E-state index is 8.62. The monoisotopic (exact) mass is 298 g/mol. The Bertz CT molecular complexity index is 429. The number of nitrogens with two attached hydrogens (primary N) is 1. The summed E-state index contributed by atoms with van der Waals surface area (Å²) in [6, 6.07) is 5.48. The van der Waals surface area contributed by atoms with E-state index in [1.807, 2.05) is 12.1 Å². The molecule has 4 nitrogen and oxygen atoms in total. The van der Waals surface area contributed by atoms with Gasteiger partial charge in [0, 0.05) is 10.0 Å². The summed E-state index contributed by atoms with van der Waals surface area (Å²) < 4.78 is 6.62. The summed E-state index contributed by atoms with van der Waals surface area (Å²) in [5.41, 5.74) is 6.20. The Labute approximate surface area is 109 Å². The van der Waals surface area contributed by atoms with Crippen LogP contribution in [0, 0.1) is 0 Å². The van der Waals surface area contributed by atoms with Gasteiger partial charge in [0.25, 0.3) is 0 Å². The van der Waals surface area contributed by atoms with E-state index >= 15 is 0 Å². The molecular formula is C12H15BrN2O2. The van der Waals surface area contributed by atoms with Crippen LogP contribution >= 0.6 is 15.9 Å². The van der Waals surface area contributed by atoms with Crippen molar-refractivity contribution in [2.75, 3.05) is 0 Å². The first-order valence-electron chi connectivity index (χ1n) is 5.65. The van der Waals surface area contributed by atoms with E-state index < -0.39 is 0 Å². The minimum absolute atomic E-state index is 0.0873. The summed E-state index contributed by atoms with van der Waals surface area (Å²) in [5, 5.41) is 11.6. The highest BCUT2D eigenvalue weighted by molar-refractivity contribution is 9.10. The second-order valence-electron chi connectivity index (χ2n) is 4.15. The predicted octanol–water partition coefficient (Wildman–Crippen LogP) is 2.87. The highest BCUT2D eigenvalue weighted by atomic mass is 79.9. The summed E-state index contributed by atoms with van der Waals surface area (Å²) in [5.74, 6) is 0.905. The molecule has 17 heavy (non-hydrogen) atoms. The smallest absolute Gasteiger partial charge is 0.171 e. The number of nitrogens with zero attached hydrogens (tertiary/aromatic N) is 1. The second-order valence-corrected chi connectivity index (χ2v) is 5.01.